The van der Waals surface area contributed by atoms with E-state index >= 15 is 0 Å². The van der Waals surface area contributed by atoms with Gasteiger partial charge in [0.15, 0.2) is 0 Å². The van der Waals surface area contributed by atoms with Crippen LogP contribution in [0.3, 0.4) is 0 Å². The van der Waals surface area contributed by atoms with Crippen LogP contribution in [-0.4, -0.2) is 17.2 Å². The lowest BCUT2D eigenvalue weighted by Gasteiger charge is -2.24. The minimum Gasteiger partial charge on any atom is -0.324 e. The van der Waals surface area contributed by atoms with E-state index in [0.717, 1.165) is 38.5 Å². The summed E-state index contributed by atoms with van der Waals surface area (Å²) in [6.45, 7) is 2.25. The Morgan fingerprint density at radius 3 is 1.91 bits per heavy atom. The maximum atomic E-state index is 12.1. The maximum Gasteiger partial charge on any atom is 0.328 e. The molecule has 0 heterocycles. The molecule has 1 rings (SSSR count). The molecule has 22 heavy (non-hydrogen) atoms. The third kappa shape index (κ3) is 10.8. The van der Waals surface area contributed by atoms with Gasteiger partial charge in [-0.2, -0.15) is 0 Å². The molecule has 132 valence electrons. The number of unbranched alkanes of at least 4 members (excludes halogenated alkanes) is 9. The predicted octanol–water partition coefficient (Wildman–Crippen LogP) is 6.44. The zero-order valence-electron chi connectivity index (χ0n) is 14.6. The molecule has 0 aromatic rings. The van der Waals surface area contributed by atoms with Gasteiger partial charge in [-0.05, 0) is 19.3 Å². The Kier molecular flexibility index (Phi) is 11.5. The second kappa shape index (κ2) is 12.6. The summed E-state index contributed by atoms with van der Waals surface area (Å²) in [4.78, 5) is 9.92. The molecule has 1 fully saturated rings. The van der Waals surface area contributed by atoms with Gasteiger partial charge in [0.25, 0.3) is 0 Å². The molecule has 4 heteroatoms. The Balaban J connectivity index is 1.93. The summed E-state index contributed by atoms with van der Waals surface area (Å²) in [5.41, 5.74) is 0. The molecule has 3 nitrogen and oxygen atoms in total. The van der Waals surface area contributed by atoms with Gasteiger partial charge in [0.05, 0.1) is 6.10 Å². The maximum absolute atomic E-state index is 12.1. The summed E-state index contributed by atoms with van der Waals surface area (Å²) in [6, 6.07) is 0. The first-order chi connectivity index (χ1) is 10.6. The molecule has 0 spiro atoms. The predicted molar refractivity (Wildman–Crippen MR) is 94.5 cm³/mol. The highest BCUT2D eigenvalue weighted by atomic mass is 31.2. The molecule has 1 aliphatic rings. The lowest BCUT2D eigenvalue weighted by molar-refractivity contribution is 0.135. The normalized spacial score (nSPS) is 19.2. The fraction of sp³-hybridized carbons (Fsp3) is 1.00. The fourth-order valence-corrected chi connectivity index (χ4v) is 4.66. The van der Waals surface area contributed by atoms with Crippen LogP contribution in [0.2, 0.25) is 0 Å². The summed E-state index contributed by atoms with van der Waals surface area (Å²) in [6.07, 6.45) is 18.3. The van der Waals surface area contributed by atoms with E-state index in [1.165, 1.54) is 57.8 Å². The molecule has 1 unspecified atom stereocenters. The van der Waals surface area contributed by atoms with Gasteiger partial charge in [0.1, 0.15) is 0 Å². The molecular weight excluding hydrogens is 295 g/mol. The molecule has 0 aliphatic heterocycles. The van der Waals surface area contributed by atoms with Crippen LogP contribution in [0.5, 0.6) is 0 Å². The highest BCUT2D eigenvalue weighted by Gasteiger charge is 2.25. The number of hydrogen-bond acceptors (Lipinski definition) is 2. The van der Waals surface area contributed by atoms with E-state index in [9.17, 15) is 9.46 Å². The number of hydrogen-bond donors (Lipinski definition) is 1. The Morgan fingerprint density at radius 1 is 0.864 bits per heavy atom. The van der Waals surface area contributed by atoms with Crippen molar-refractivity contribution in [1.82, 2.24) is 0 Å². The standard InChI is InChI=1S/C18H37O3P/c1-2-3-4-5-6-7-8-9-10-14-17-22(19,20)21-18-15-12-11-13-16-18/h18H,2-17H2,1H3,(H,19,20). The van der Waals surface area contributed by atoms with Crippen LogP contribution in [0.4, 0.5) is 0 Å². The summed E-state index contributed by atoms with van der Waals surface area (Å²) in [7, 11) is -3.33. The molecule has 1 aliphatic carbocycles. The molecule has 1 atom stereocenters. The van der Waals surface area contributed by atoms with Crippen LogP contribution in [-0.2, 0) is 9.09 Å². The zero-order chi connectivity index (χ0) is 16.1. The fourth-order valence-electron chi connectivity index (χ4n) is 3.26. The molecule has 0 aromatic carbocycles. The topological polar surface area (TPSA) is 46.5 Å². The van der Waals surface area contributed by atoms with Crippen molar-refractivity contribution in [3.63, 3.8) is 0 Å². The monoisotopic (exact) mass is 332 g/mol. The second-order valence-electron chi connectivity index (χ2n) is 6.91. The van der Waals surface area contributed by atoms with Crippen molar-refractivity contribution in [3.05, 3.63) is 0 Å². The van der Waals surface area contributed by atoms with Crippen molar-refractivity contribution < 1.29 is 14.0 Å². The van der Waals surface area contributed by atoms with Crippen molar-refractivity contribution in [1.29, 1.82) is 0 Å². The molecule has 0 bridgehead atoms. The number of rotatable bonds is 13. The van der Waals surface area contributed by atoms with Crippen LogP contribution in [0.25, 0.3) is 0 Å². The summed E-state index contributed by atoms with van der Waals surface area (Å²) in [5.74, 6) is 0. The first kappa shape index (κ1) is 20.2. The van der Waals surface area contributed by atoms with Gasteiger partial charge in [-0.15, -0.1) is 0 Å². The van der Waals surface area contributed by atoms with Crippen molar-refractivity contribution in [2.24, 2.45) is 0 Å². The Morgan fingerprint density at radius 2 is 1.36 bits per heavy atom. The molecule has 0 saturated heterocycles. The lowest BCUT2D eigenvalue weighted by atomic mass is 9.98. The average molecular weight is 332 g/mol. The van der Waals surface area contributed by atoms with Crippen molar-refractivity contribution in [2.45, 2.75) is 109 Å². The Hall–Kier alpha value is 0.150. The summed E-state index contributed by atoms with van der Waals surface area (Å²) in [5, 5.41) is 0. The van der Waals surface area contributed by atoms with Gasteiger partial charge in [0, 0.05) is 6.16 Å². The van der Waals surface area contributed by atoms with Gasteiger partial charge in [-0.1, -0.05) is 84.0 Å². The van der Waals surface area contributed by atoms with E-state index in [1.54, 1.807) is 0 Å². The Labute approximate surface area is 137 Å². The van der Waals surface area contributed by atoms with E-state index in [4.69, 9.17) is 4.52 Å². The quantitative estimate of drug-likeness (QED) is 0.312. The third-order valence-corrected chi connectivity index (χ3v) is 6.17. The van der Waals surface area contributed by atoms with E-state index in [1.807, 2.05) is 0 Å². The average Bonchev–Trinajstić information content (AvgIpc) is 2.49. The molecule has 1 N–H and O–H groups in total. The van der Waals surface area contributed by atoms with Gasteiger partial charge in [-0.25, -0.2) is 0 Å². The summed E-state index contributed by atoms with van der Waals surface area (Å²) >= 11 is 0. The largest absolute Gasteiger partial charge is 0.328 e. The highest BCUT2D eigenvalue weighted by molar-refractivity contribution is 7.52. The van der Waals surface area contributed by atoms with Crippen molar-refractivity contribution in [2.75, 3.05) is 6.16 Å². The van der Waals surface area contributed by atoms with E-state index in [0.29, 0.717) is 6.16 Å². The minimum absolute atomic E-state index is 0.0349. The molecule has 0 aromatic heterocycles. The van der Waals surface area contributed by atoms with E-state index in [-0.39, 0.29) is 6.10 Å². The van der Waals surface area contributed by atoms with Gasteiger partial charge in [0.2, 0.25) is 0 Å². The van der Waals surface area contributed by atoms with Crippen LogP contribution < -0.4 is 0 Å². The first-order valence-corrected chi connectivity index (χ1v) is 11.4. The highest BCUT2D eigenvalue weighted by Crippen LogP contribution is 2.46. The molecule has 0 amide bonds. The molecular formula is C18H37O3P. The smallest absolute Gasteiger partial charge is 0.324 e. The minimum atomic E-state index is -3.33. The lowest BCUT2D eigenvalue weighted by Crippen LogP contribution is -2.15. The van der Waals surface area contributed by atoms with Crippen LogP contribution in [0.15, 0.2) is 0 Å². The zero-order valence-corrected chi connectivity index (χ0v) is 15.5. The Bertz CT molecular complexity index is 301. The summed E-state index contributed by atoms with van der Waals surface area (Å²) < 4.78 is 17.5. The second-order valence-corrected chi connectivity index (χ2v) is 8.84. The van der Waals surface area contributed by atoms with Crippen LogP contribution >= 0.6 is 7.60 Å². The van der Waals surface area contributed by atoms with E-state index < -0.39 is 7.60 Å². The van der Waals surface area contributed by atoms with Gasteiger partial charge < -0.3 is 9.42 Å². The molecule has 1 saturated carbocycles. The molecule has 0 radical (unpaired) electrons. The van der Waals surface area contributed by atoms with Crippen LogP contribution in [0, 0.1) is 0 Å². The van der Waals surface area contributed by atoms with Gasteiger partial charge in [-0.3, -0.25) is 4.57 Å². The van der Waals surface area contributed by atoms with Crippen molar-refractivity contribution in [3.8, 4) is 0 Å². The third-order valence-electron chi connectivity index (χ3n) is 4.66. The first-order valence-electron chi connectivity index (χ1n) is 9.64. The SMILES string of the molecule is CCCCCCCCCCCCP(=O)(O)OC1CCCCC1. The van der Waals surface area contributed by atoms with Crippen molar-refractivity contribution >= 4 is 7.60 Å². The van der Waals surface area contributed by atoms with E-state index in [2.05, 4.69) is 6.92 Å². The van der Waals surface area contributed by atoms with Gasteiger partial charge >= 0.3 is 7.60 Å². The van der Waals surface area contributed by atoms with Crippen LogP contribution in [0.1, 0.15) is 103 Å².